The SMILES string of the molecule is O=S(=O)(NCC1CCCNC1)c1c(Cl)cccc1C(F)(F)F. The molecule has 0 bridgehead atoms. The van der Waals surface area contributed by atoms with E-state index < -0.39 is 31.7 Å². The highest BCUT2D eigenvalue weighted by molar-refractivity contribution is 7.89. The van der Waals surface area contributed by atoms with E-state index in [-0.39, 0.29) is 12.5 Å². The third-order valence-electron chi connectivity index (χ3n) is 3.50. The predicted molar refractivity (Wildman–Crippen MR) is 77.2 cm³/mol. The van der Waals surface area contributed by atoms with Crippen molar-refractivity contribution in [2.24, 2.45) is 5.92 Å². The normalized spacial score (nSPS) is 20.1. The summed E-state index contributed by atoms with van der Waals surface area (Å²) in [5.41, 5.74) is -1.26. The summed E-state index contributed by atoms with van der Waals surface area (Å²) in [6, 6.07) is 2.92. The van der Waals surface area contributed by atoms with Crippen LogP contribution in [0, 0.1) is 5.92 Å². The molecule has 1 fully saturated rings. The number of sulfonamides is 1. The monoisotopic (exact) mass is 356 g/mol. The summed E-state index contributed by atoms with van der Waals surface area (Å²) < 4.78 is 65.7. The molecule has 124 valence electrons. The molecule has 2 rings (SSSR count). The van der Waals surface area contributed by atoms with Crippen molar-refractivity contribution in [3.05, 3.63) is 28.8 Å². The van der Waals surface area contributed by atoms with Crippen LogP contribution in [-0.2, 0) is 16.2 Å². The lowest BCUT2D eigenvalue weighted by molar-refractivity contribution is -0.139. The molecule has 1 saturated heterocycles. The Bertz CT molecular complexity index is 629. The first-order valence-electron chi connectivity index (χ1n) is 6.78. The van der Waals surface area contributed by atoms with Gasteiger partial charge >= 0.3 is 6.18 Å². The molecule has 1 aromatic rings. The summed E-state index contributed by atoms with van der Waals surface area (Å²) in [4.78, 5) is -0.909. The van der Waals surface area contributed by atoms with E-state index in [1.165, 1.54) is 0 Å². The fraction of sp³-hybridized carbons (Fsp3) is 0.538. The molecular formula is C13H16ClF3N2O2S. The van der Waals surface area contributed by atoms with Crippen LogP contribution in [0.3, 0.4) is 0 Å². The number of nitrogens with one attached hydrogen (secondary N) is 2. The molecule has 0 saturated carbocycles. The van der Waals surface area contributed by atoms with Gasteiger partial charge in [0.1, 0.15) is 4.90 Å². The van der Waals surface area contributed by atoms with E-state index in [0.29, 0.717) is 12.6 Å². The number of piperidine rings is 1. The molecule has 1 aliphatic heterocycles. The minimum absolute atomic E-state index is 0.0559. The summed E-state index contributed by atoms with van der Waals surface area (Å²) in [5.74, 6) is 0.0559. The van der Waals surface area contributed by atoms with E-state index in [9.17, 15) is 21.6 Å². The average Bonchev–Trinajstić information content (AvgIpc) is 2.45. The van der Waals surface area contributed by atoms with E-state index >= 15 is 0 Å². The van der Waals surface area contributed by atoms with Gasteiger partial charge < -0.3 is 5.32 Å². The zero-order chi connectivity index (χ0) is 16.4. The molecule has 9 heteroatoms. The van der Waals surface area contributed by atoms with Gasteiger partial charge in [-0.2, -0.15) is 13.2 Å². The van der Waals surface area contributed by atoms with Gasteiger partial charge in [-0.15, -0.1) is 0 Å². The van der Waals surface area contributed by atoms with Crippen LogP contribution in [0.15, 0.2) is 23.1 Å². The second kappa shape index (κ2) is 6.74. The fourth-order valence-corrected chi connectivity index (χ4v) is 4.28. The topological polar surface area (TPSA) is 58.2 Å². The van der Waals surface area contributed by atoms with Crippen LogP contribution in [-0.4, -0.2) is 28.1 Å². The van der Waals surface area contributed by atoms with Gasteiger partial charge in [0.15, 0.2) is 0 Å². The van der Waals surface area contributed by atoms with Crippen molar-refractivity contribution < 1.29 is 21.6 Å². The van der Waals surface area contributed by atoms with Crippen LogP contribution in [0.5, 0.6) is 0 Å². The Labute approximate surface area is 132 Å². The van der Waals surface area contributed by atoms with E-state index in [1.807, 2.05) is 0 Å². The Balaban J connectivity index is 2.25. The highest BCUT2D eigenvalue weighted by atomic mass is 35.5. The number of rotatable bonds is 4. The van der Waals surface area contributed by atoms with E-state index in [2.05, 4.69) is 10.0 Å². The molecule has 0 radical (unpaired) electrons. The summed E-state index contributed by atoms with van der Waals surface area (Å²) >= 11 is 5.71. The Morgan fingerprint density at radius 2 is 2.09 bits per heavy atom. The molecule has 0 aliphatic carbocycles. The van der Waals surface area contributed by atoms with Gasteiger partial charge in [-0.1, -0.05) is 17.7 Å². The Kier molecular flexibility index (Phi) is 5.37. The minimum atomic E-state index is -4.79. The van der Waals surface area contributed by atoms with Gasteiger partial charge in [0.2, 0.25) is 10.0 Å². The van der Waals surface area contributed by atoms with Crippen LogP contribution in [0.2, 0.25) is 5.02 Å². The molecule has 1 aromatic carbocycles. The lowest BCUT2D eigenvalue weighted by Gasteiger charge is -2.23. The molecular weight excluding hydrogens is 341 g/mol. The van der Waals surface area contributed by atoms with E-state index in [0.717, 1.165) is 31.5 Å². The lowest BCUT2D eigenvalue weighted by Crippen LogP contribution is -2.38. The second-order valence-corrected chi connectivity index (χ2v) is 7.29. The largest absolute Gasteiger partial charge is 0.417 e. The van der Waals surface area contributed by atoms with Crippen molar-refractivity contribution in [1.82, 2.24) is 10.0 Å². The zero-order valence-electron chi connectivity index (χ0n) is 11.6. The molecule has 1 aliphatic rings. The number of halogens is 4. The first-order chi connectivity index (χ1) is 10.2. The second-order valence-electron chi connectivity index (χ2n) is 5.18. The van der Waals surface area contributed by atoms with Gasteiger partial charge in [0, 0.05) is 6.54 Å². The quantitative estimate of drug-likeness (QED) is 0.872. The maximum Gasteiger partial charge on any atom is 0.417 e. The van der Waals surface area contributed by atoms with Crippen LogP contribution in [0.1, 0.15) is 18.4 Å². The predicted octanol–water partition coefficient (Wildman–Crippen LogP) is 2.64. The molecule has 0 spiro atoms. The van der Waals surface area contributed by atoms with Crippen LogP contribution >= 0.6 is 11.6 Å². The van der Waals surface area contributed by atoms with Crippen molar-refractivity contribution in [3.8, 4) is 0 Å². The first kappa shape index (κ1) is 17.5. The lowest BCUT2D eigenvalue weighted by atomic mass is 10.0. The number of alkyl halides is 3. The maximum absolute atomic E-state index is 13.0. The standard InChI is InChI=1S/C13H16ClF3N2O2S/c14-11-5-1-4-10(13(15,16)17)12(11)22(20,21)19-8-9-3-2-6-18-7-9/h1,4-5,9,18-19H,2-3,6-8H2. The molecule has 2 N–H and O–H groups in total. The molecule has 1 atom stereocenters. The Hall–Kier alpha value is -0.830. The average molecular weight is 357 g/mol. The Morgan fingerprint density at radius 3 is 2.68 bits per heavy atom. The summed E-state index contributed by atoms with van der Waals surface area (Å²) in [5, 5.41) is 2.68. The summed E-state index contributed by atoms with van der Waals surface area (Å²) in [6.07, 6.45) is -3.06. The smallest absolute Gasteiger partial charge is 0.316 e. The van der Waals surface area contributed by atoms with Gasteiger partial charge in [-0.3, -0.25) is 0 Å². The summed E-state index contributed by atoms with van der Waals surface area (Å²) in [7, 11) is -4.33. The van der Waals surface area contributed by atoms with E-state index in [4.69, 9.17) is 11.6 Å². The van der Waals surface area contributed by atoms with Gasteiger partial charge in [-0.25, -0.2) is 13.1 Å². The molecule has 0 amide bonds. The molecule has 1 heterocycles. The van der Waals surface area contributed by atoms with Crippen LogP contribution < -0.4 is 10.0 Å². The summed E-state index contributed by atoms with van der Waals surface area (Å²) in [6.45, 7) is 1.58. The van der Waals surface area contributed by atoms with Gasteiger partial charge in [0.25, 0.3) is 0 Å². The minimum Gasteiger partial charge on any atom is -0.316 e. The Morgan fingerprint density at radius 1 is 1.36 bits per heavy atom. The van der Waals surface area contributed by atoms with Gasteiger partial charge in [0.05, 0.1) is 10.6 Å². The first-order valence-corrected chi connectivity index (χ1v) is 8.64. The maximum atomic E-state index is 13.0. The van der Waals surface area contributed by atoms with Crippen molar-refractivity contribution >= 4 is 21.6 Å². The van der Waals surface area contributed by atoms with Crippen molar-refractivity contribution in [2.45, 2.75) is 23.9 Å². The van der Waals surface area contributed by atoms with E-state index in [1.54, 1.807) is 0 Å². The number of hydrogen-bond donors (Lipinski definition) is 2. The molecule has 0 aromatic heterocycles. The third kappa shape index (κ3) is 4.13. The highest BCUT2D eigenvalue weighted by Gasteiger charge is 2.38. The molecule has 1 unspecified atom stereocenters. The highest BCUT2D eigenvalue weighted by Crippen LogP contribution is 2.37. The van der Waals surface area contributed by atoms with Crippen molar-refractivity contribution in [2.75, 3.05) is 19.6 Å². The third-order valence-corrected chi connectivity index (χ3v) is 5.45. The zero-order valence-corrected chi connectivity index (χ0v) is 13.2. The van der Waals surface area contributed by atoms with Crippen LogP contribution in [0.4, 0.5) is 13.2 Å². The van der Waals surface area contributed by atoms with Crippen LogP contribution in [0.25, 0.3) is 0 Å². The molecule has 22 heavy (non-hydrogen) atoms. The van der Waals surface area contributed by atoms with Crippen molar-refractivity contribution in [3.63, 3.8) is 0 Å². The molecule has 4 nitrogen and oxygen atoms in total. The van der Waals surface area contributed by atoms with Crippen molar-refractivity contribution in [1.29, 1.82) is 0 Å². The number of benzene rings is 1. The van der Waals surface area contributed by atoms with Gasteiger partial charge in [-0.05, 0) is 44.0 Å². The number of hydrogen-bond acceptors (Lipinski definition) is 3. The fourth-order valence-electron chi connectivity index (χ4n) is 2.40.